The average molecular weight is 370 g/mol. The van der Waals surface area contributed by atoms with Gasteiger partial charge in [0, 0.05) is 22.7 Å². The Hall–Kier alpha value is -4.18. The first kappa shape index (κ1) is 17.2. The Labute approximate surface area is 160 Å². The molecule has 1 saturated heterocycles. The number of urea groups is 1. The van der Waals surface area contributed by atoms with E-state index in [4.69, 9.17) is 5.26 Å². The first-order valence-electron chi connectivity index (χ1n) is 8.51. The summed E-state index contributed by atoms with van der Waals surface area (Å²) in [4.78, 5) is 38.4. The molecule has 7 heteroatoms. The first-order valence-corrected chi connectivity index (χ1v) is 8.51. The van der Waals surface area contributed by atoms with E-state index in [1.54, 1.807) is 41.1 Å². The van der Waals surface area contributed by atoms with Crippen molar-refractivity contribution in [1.29, 1.82) is 5.26 Å². The van der Waals surface area contributed by atoms with E-state index in [0.29, 0.717) is 11.3 Å². The summed E-state index contributed by atoms with van der Waals surface area (Å²) in [5.74, 6) is -1.45. The van der Waals surface area contributed by atoms with Gasteiger partial charge in [-0.2, -0.15) is 5.26 Å². The van der Waals surface area contributed by atoms with E-state index < -0.39 is 17.8 Å². The Kier molecular flexibility index (Phi) is 4.22. The van der Waals surface area contributed by atoms with Gasteiger partial charge < -0.3 is 4.57 Å². The largest absolute Gasteiger partial charge is 0.335 e. The van der Waals surface area contributed by atoms with Crippen LogP contribution in [-0.2, 0) is 16.1 Å². The molecular formula is C21H14N4O3. The summed E-state index contributed by atoms with van der Waals surface area (Å²) in [5, 5.41) is 12.0. The van der Waals surface area contributed by atoms with Crippen molar-refractivity contribution in [3.63, 3.8) is 0 Å². The van der Waals surface area contributed by atoms with Crippen LogP contribution in [0, 0.1) is 11.3 Å². The fraction of sp³-hybridized carbons (Fsp3) is 0.0476. The Morgan fingerprint density at radius 3 is 2.46 bits per heavy atom. The van der Waals surface area contributed by atoms with Crippen molar-refractivity contribution in [3.05, 3.63) is 71.9 Å². The molecule has 136 valence electrons. The molecule has 0 radical (unpaired) electrons. The molecule has 1 N–H and O–H groups in total. The molecule has 3 aromatic rings. The molecule has 0 spiro atoms. The predicted octanol–water partition coefficient (Wildman–Crippen LogP) is 2.83. The zero-order valence-electron chi connectivity index (χ0n) is 14.6. The standard InChI is InChI=1S/C21H14N4O3/c22-10-11-24-13-14(16-8-4-5-9-18(16)24)12-17-19(26)23-21(28)25(20(17)27)15-6-2-1-3-7-15/h1-9,12-13H,11H2,(H,23,26,28)/b17-12+. The highest BCUT2D eigenvalue weighted by Gasteiger charge is 2.36. The van der Waals surface area contributed by atoms with Gasteiger partial charge in [0.15, 0.2) is 0 Å². The summed E-state index contributed by atoms with van der Waals surface area (Å²) in [7, 11) is 0. The molecule has 7 nitrogen and oxygen atoms in total. The summed E-state index contributed by atoms with van der Waals surface area (Å²) < 4.78 is 1.74. The Bertz CT molecular complexity index is 1190. The van der Waals surface area contributed by atoms with Crippen molar-refractivity contribution in [2.75, 3.05) is 4.90 Å². The number of para-hydroxylation sites is 2. The number of hydrogen-bond donors (Lipinski definition) is 1. The fourth-order valence-electron chi connectivity index (χ4n) is 3.22. The van der Waals surface area contributed by atoms with Gasteiger partial charge >= 0.3 is 6.03 Å². The van der Waals surface area contributed by atoms with Gasteiger partial charge in [0.2, 0.25) is 0 Å². The molecule has 1 aromatic heterocycles. The summed E-state index contributed by atoms with van der Waals surface area (Å²) in [6.45, 7) is 0.137. The van der Waals surface area contributed by atoms with Gasteiger partial charge in [-0.3, -0.25) is 14.9 Å². The van der Waals surface area contributed by atoms with Gasteiger partial charge in [-0.05, 0) is 24.3 Å². The molecule has 1 aliphatic heterocycles. The van der Waals surface area contributed by atoms with Crippen molar-refractivity contribution in [3.8, 4) is 6.07 Å². The van der Waals surface area contributed by atoms with Crippen LogP contribution in [0.1, 0.15) is 5.56 Å². The highest BCUT2D eigenvalue weighted by Crippen LogP contribution is 2.26. The van der Waals surface area contributed by atoms with Gasteiger partial charge in [0.25, 0.3) is 11.8 Å². The summed E-state index contributed by atoms with van der Waals surface area (Å²) in [6.07, 6.45) is 3.17. The van der Waals surface area contributed by atoms with E-state index in [1.165, 1.54) is 6.08 Å². The zero-order chi connectivity index (χ0) is 19.7. The van der Waals surface area contributed by atoms with Crippen LogP contribution in [0.3, 0.4) is 0 Å². The topological polar surface area (TPSA) is 95.2 Å². The minimum absolute atomic E-state index is 0.137. The first-order chi connectivity index (χ1) is 13.6. The molecular weight excluding hydrogens is 356 g/mol. The van der Waals surface area contributed by atoms with Crippen LogP contribution in [0.2, 0.25) is 0 Å². The van der Waals surface area contributed by atoms with Crippen LogP contribution in [0.5, 0.6) is 0 Å². The highest BCUT2D eigenvalue weighted by molar-refractivity contribution is 6.39. The van der Waals surface area contributed by atoms with Crippen LogP contribution in [-0.4, -0.2) is 22.4 Å². The van der Waals surface area contributed by atoms with Crippen LogP contribution >= 0.6 is 0 Å². The maximum Gasteiger partial charge on any atom is 0.335 e. The number of nitrogens with zero attached hydrogens (tertiary/aromatic N) is 3. The van der Waals surface area contributed by atoms with E-state index in [-0.39, 0.29) is 12.1 Å². The van der Waals surface area contributed by atoms with Gasteiger partial charge in [-0.25, -0.2) is 9.69 Å². The number of rotatable bonds is 3. The zero-order valence-corrected chi connectivity index (χ0v) is 14.6. The van der Waals surface area contributed by atoms with E-state index >= 15 is 0 Å². The molecule has 4 rings (SSSR count). The molecule has 2 heterocycles. The second kappa shape index (κ2) is 6.85. The van der Waals surface area contributed by atoms with Crippen molar-refractivity contribution in [2.45, 2.75) is 6.54 Å². The predicted molar refractivity (Wildman–Crippen MR) is 103 cm³/mol. The Balaban J connectivity index is 1.82. The minimum Gasteiger partial charge on any atom is -0.333 e. The lowest BCUT2D eigenvalue weighted by molar-refractivity contribution is -0.122. The molecule has 4 amide bonds. The van der Waals surface area contributed by atoms with Gasteiger partial charge in [-0.1, -0.05) is 36.4 Å². The SMILES string of the molecule is N#CCn1cc(/C=C2\C(=O)NC(=O)N(c3ccccc3)C2=O)c2ccccc21. The number of carbonyl (C=O) groups excluding carboxylic acids is 3. The number of amides is 4. The molecule has 1 aliphatic rings. The van der Waals surface area contributed by atoms with Crippen molar-refractivity contribution in [2.24, 2.45) is 0 Å². The van der Waals surface area contributed by atoms with Gasteiger partial charge in [0.1, 0.15) is 12.1 Å². The van der Waals surface area contributed by atoms with Gasteiger partial charge in [-0.15, -0.1) is 0 Å². The number of nitrogens with one attached hydrogen (secondary N) is 1. The molecule has 0 bridgehead atoms. The molecule has 1 fully saturated rings. The lowest BCUT2D eigenvalue weighted by Gasteiger charge is -2.26. The molecule has 28 heavy (non-hydrogen) atoms. The number of benzene rings is 2. The molecule has 0 saturated carbocycles. The van der Waals surface area contributed by atoms with Crippen molar-refractivity contribution < 1.29 is 14.4 Å². The third-order valence-electron chi connectivity index (χ3n) is 4.48. The molecule has 0 unspecified atom stereocenters. The monoisotopic (exact) mass is 370 g/mol. The summed E-state index contributed by atoms with van der Waals surface area (Å²) in [6, 6.07) is 17.1. The minimum atomic E-state index is -0.787. The van der Waals surface area contributed by atoms with E-state index in [2.05, 4.69) is 11.4 Å². The number of carbonyl (C=O) groups is 3. The number of anilines is 1. The second-order valence-corrected chi connectivity index (χ2v) is 6.18. The number of nitriles is 1. The molecule has 0 aliphatic carbocycles. The van der Waals surface area contributed by atoms with Crippen molar-refractivity contribution in [1.82, 2.24) is 9.88 Å². The maximum absolute atomic E-state index is 12.9. The smallest absolute Gasteiger partial charge is 0.333 e. The summed E-state index contributed by atoms with van der Waals surface area (Å²) >= 11 is 0. The third kappa shape index (κ3) is 2.83. The van der Waals surface area contributed by atoms with Crippen LogP contribution < -0.4 is 10.2 Å². The number of barbiturate groups is 1. The number of aromatic nitrogens is 1. The van der Waals surface area contributed by atoms with Crippen LogP contribution in [0.25, 0.3) is 17.0 Å². The normalized spacial score (nSPS) is 15.8. The van der Waals surface area contributed by atoms with E-state index in [9.17, 15) is 14.4 Å². The fourth-order valence-corrected chi connectivity index (χ4v) is 3.22. The van der Waals surface area contributed by atoms with Crippen molar-refractivity contribution >= 4 is 40.5 Å². The number of imide groups is 2. The van der Waals surface area contributed by atoms with Crippen LogP contribution in [0.4, 0.5) is 10.5 Å². The second-order valence-electron chi connectivity index (χ2n) is 6.18. The lowest BCUT2D eigenvalue weighted by atomic mass is 10.1. The summed E-state index contributed by atoms with van der Waals surface area (Å²) in [5.41, 5.74) is 1.65. The lowest BCUT2D eigenvalue weighted by Crippen LogP contribution is -2.54. The van der Waals surface area contributed by atoms with E-state index in [1.807, 2.05) is 24.3 Å². The van der Waals surface area contributed by atoms with Crippen LogP contribution in [0.15, 0.2) is 66.4 Å². The number of fused-ring (bicyclic) bond motifs is 1. The quantitative estimate of drug-likeness (QED) is 0.566. The Morgan fingerprint density at radius 2 is 1.71 bits per heavy atom. The average Bonchev–Trinajstić information content (AvgIpc) is 3.04. The third-order valence-corrected chi connectivity index (χ3v) is 4.48. The maximum atomic E-state index is 12.9. The Morgan fingerprint density at radius 1 is 1.00 bits per heavy atom. The molecule has 2 aromatic carbocycles. The van der Waals surface area contributed by atoms with Gasteiger partial charge in [0.05, 0.1) is 11.8 Å². The molecule has 0 atom stereocenters. The highest BCUT2D eigenvalue weighted by atomic mass is 16.2. The van der Waals surface area contributed by atoms with E-state index in [0.717, 1.165) is 15.8 Å². The number of hydrogen-bond acceptors (Lipinski definition) is 4.